The highest BCUT2D eigenvalue weighted by Gasteiger charge is 2.26. The van der Waals surface area contributed by atoms with E-state index in [4.69, 9.17) is 0 Å². The van der Waals surface area contributed by atoms with Gasteiger partial charge in [0.15, 0.2) is 0 Å². The Bertz CT molecular complexity index is 364. The average Bonchev–Trinajstić information content (AvgIpc) is 2.39. The van der Waals surface area contributed by atoms with Crippen LogP contribution in [0.4, 0.5) is 0 Å². The first-order valence-corrected chi connectivity index (χ1v) is 7.78. The predicted octanol–water partition coefficient (Wildman–Crippen LogP) is 4.59. The van der Waals surface area contributed by atoms with Gasteiger partial charge in [-0.3, -0.25) is 0 Å². The lowest BCUT2D eigenvalue weighted by Crippen LogP contribution is -2.37. The van der Waals surface area contributed by atoms with Crippen molar-refractivity contribution in [1.82, 2.24) is 5.32 Å². The third kappa shape index (κ3) is 4.99. The molecule has 1 aromatic rings. The van der Waals surface area contributed by atoms with E-state index in [0.717, 1.165) is 19.0 Å². The highest BCUT2D eigenvalue weighted by Crippen LogP contribution is 2.31. The molecule has 0 spiro atoms. The number of nitrogens with one attached hydrogen (secondary N) is 1. The lowest BCUT2D eigenvalue weighted by molar-refractivity contribution is 0.242. The zero-order valence-corrected chi connectivity index (χ0v) is 13.4. The van der Waals surface area contributed by atoms with E-state index in [1.165, 1.54) is 30.4 Å². The van der Waals surface area contributed by atoms with Crippen molar-refractivity contribution < 1.29 is 0 Å². The number of rotatable bonds is 8. The number of aryl methyl sites for hydroxylation is 1. The van der Waals surface area contributed by atoms with E-state index in [-0.39, 0.29) is 0 Å². The number of hydrogen-bond donors (Lipinski definition) is 1. The first-order valence-electron chi connectivity index (χ1n) is 7.78. The molecular formula is C18H31N. The molecule has 1 N–H and O–H groups in total. The summed E-state index contributed by atoms with van der Waals surface area (Å²) >= 11 is 0. The molecule has 0 heterocycles. The zero-order valence-electron chi connectivity index (χ0n) is 13.4. The molecule has 0 aliphatic carbocycles. The van der Waals surface area contributed by atoms with Crippen molar-refractivity contribution in [3.05, 3.63) is 35.4 Å². The van der Waals surface area contributed by atoms with Crippen LogP contribution in [-0.2, 0) is 6.42 Å². The molecule has 0 saturated heterocycles. The van der Waals surface area contributed by atoms with Crippen LogP contribution >= 0.6 is 0 Å². The molecular weight excluding hydrogens is 230 g/mol. The van der Waals surface area contributed by atoms with Crippen LogP contribution in [0, 0.1) is 18.3 Å². The van der Waals surface area contributed by atoms with Gasteiger partial charge in [-0.1, -0.05) is 52.0 Å². The minimum atomic E-state index is 0.404. The van der Waals surface area contributed by atoms with Gasteiger partial charge in [0.25, 0.3) is 0 Å². The summed E-state index contributed by atoms with van der Waals surface area (Å²) in [6.07, 6.45) is 3.67. The van der Waals surface area contributed by atoms with Gasteiger partial charge in [-0.15, -0.1) is 0 Å². The lowest BCUT2D eigenvalue weighted by Gasteiger charge is -2.33. The van der Waals surface area contributed by atoms with Crippen LogP contribution in [0.1, 0.15) is 51.7 Å². The number of hydrogen-bond acceptors (Lipinski definition) is 1. The minimum Gasteiger partial charge on any atom is -0.316 e. The summed E-state index contributed by atoms with van der Waals surface area (Å²) < 4.78 is 0. The fourth-order valence-electron chi connectivity index (χ4n) is 2.65. The summed E-state index contributed by atoms with van der Waals surface area (Å²) in [6, 6.07) is 8.82. The van der Waals surface area contributed by atoms with Crippen LogP contribution in [0.25, 0.3) is 0 Å². The molecule has 0 aromatic heterocycles. The maximum Gasteiger partial charge on any atom is 0.00109 e. The van der Waals surface area contributed by atoms with Crippen LogP contribution in [0.3, 0.4) is 0 Å². The Morgan fingerprint density at radius 3 is 2.26 bits per heavy atom. The quantitative estimate of drug-likeness (QED) is 0.721. The largest absolute Gasteiger partial charge is 0.316 e. The molecule has 0 aliphatic heterocycles. The highest BCUT2D eigenvalue weighted by molar-refractivity contribution is 5.26. The standard InChI is InChI=1S/C18H31N/c1-6-18(7-2,14-19-13-15(3)4)12-17-11-9-8-10-16(17)5/h8-11,15,19H,6-7,12-14H2,1-5H3. The molecule has 0 fully saturated rings. The Hall–Kier alpha value is -0.820. The predicted molar refractivity (Wildman–Crippen MR) is 85.6 cm³/mol. The third-order valence-corrected chi connectivity index (χ3v) is 4.38. The van der Waals surface area contributed by atoms with Gasteiger partial charge < -0.3 is 5.32 Å². The highest BCUT2D eigenvalue weighted by atomic mass is 14.9. The molecule has 0 unspecified atom stereocenters. The molecule has 19 heavy (non-hydrogen) atoms. The molecule has 0 saturated carbocycles. The van der Waals surface area contributed by atoms with Gasteiger partial charge in [0.2, 0.25) is 0 Å². The van der Waals surface area contributed by atoms with E-state index < -0.39 is 0 Å². The molecule has 0 radical (unpaired) electrons. The number of benzene rings is 1. The maximum atomic E-state index is 3.67. The van der Waals surface area contributed by atoms with Gasteiger partial charge in [-0.25, -0.2) is 0 Å². The molecule has 0 aliphatic rings. The molecule has 0 amide bonds. The lowest BCUT2D eigenvalue weighted by atomic mass is 9.76. The normalized spacial score (nSPS) is 12.1. The van der Waals surface area contributed by atoms with Gasteiger partial charge in [-0.05, 0) is 55.2 Å². The second-order valence-electron chi connectivity index (χ2n) is 6.34. The van der Waals surface area contributed by atoms with Gasteiger partial charge in [0.1, 0.15) is 0 Å². The zero-order chi connectivity index (χ0) is 14.3. The Kier molecular flexibility index (Phi) is 6.57. The average molecular weight is 261 g/mol. The molecule has 0 bridgehead atoms. The van der Waals surface area contributed by atoms with Crippen molar-refractivity contribution in [3.63, 3.8) is 0 Å². The van der Waals surface area contributed by atoms with Crippen LogP contribution in [-0.4, -0.2) is 13.1 Å². The van der Waals surface area contributed by atoms with Crippen LogP contribution < -0.4 is 5.32 Å². The van der Waals surface area contributed by atoms with Crippen LogP contribution in [0.2, 0.25) is 0 Å². The van der Waals surface area contributed by atoms with Crippen molar-refractivity contribution in [2.75, 3.05) is 13.1 Å². The van der Waals surface area contributed by atoms with Gasteiger partial charge in [0.05, 0.1) is 0 Å². The van der Waals surface area contributed by atoms with E-state index in [1.54, 1.807) is 0 Å². The molecule has 108 valence electrons. The van der Waals surface area contributed by atoms with E-state index in [9.17, 15) is 0 Å². The van der Waals surface area contributed by atoms with Gasteiger partial charge >= 0.3 is 0 Å². The summed E-state index contributed by atoms with van der Waals surface area (Å²) in [5, 5.41) is 3.67. The van der Waals surface area contributed by atoms with E-state index in [1.807, 2.05) is 0 Å². The van der Waals surface area contributed by atoms with Crippen molar-refractivity contribution in [3.8, 4) is 0 Å². The maximum absolute atomic E-state index is 3.67. The van der Waals surface area contributed by atoms with E-state index >= 15 is 0 Å². The van der Waals surface area contributed by atoms with Crippen molar-refractivity contribution in [2.24, 2.45) is 11.3 Å². The third-order valence-electron chi connectivity index (χ3n) is 4.38. The van der Waals surface area contributed by atoms with Crippen molar-refractivity contribution in [1.29, 1.82) is 0 Å². The SMILES string of the molecule is CCC(CC)(CNCC(C)C)Cc1ccccc1C. The molecule has 1 nitrogen and oxygen atoms in total. The van der Waals surface area contributed by atoms with E-state index in [2.05, 4.69) is 64.2 Å². The molecule has 1 heteroatoms. The Balaban J connectivity index is 2.73. The van der Waals surface area contributed by atoms with E-state index in [0.29, 0.717) is 5.41 Å². The topological polar surface area (TPSA) is 12.0 Å². The van der Waals surface area contributed by atoms with Gasteiger partial charge in [0, 0.05) is 6.54 Å². The monoisotopic (exact) mass is 261 g/mol. The summed E-state index contributed by atoms with van der Waals surface area (Å²) in [4.78, 5) is 0. The van der Waals surface area contributed by atoms with Crippen molar-refractivity contribution in [2.45, 2.75) is 53.9 Å². The molecule has 0 atom stereocenters. The second kappa shape index (κ2) is 7.69. The fraction of sp³-hybridized carbons (Fsp3) is 0.667. The Morgan fingerprint density at radius 1 is 1.11 bits per heavy atom. The summed E-state index contributed by atoms with van der Waals surface area (Å²) in [7, 11) is 0. The van der Waals surface area contributed by atoms with Crippen LogP contribution in [0.5, 0.6) is 0 Å². The Morgan fingerprint density at radius 2 is 1.74 bits per heavy atom. The summed E-state index contributed by atoms with van der Waals surface area (Å²) in [5.74, 6) is 0.727. The first-order chi connectivity index (χ1) is 9.03. The van der Waals surface area contributed by atoms with Crippen molar-refractivity contribution >= 4 is 0 Å². The van der Waals surface area contributed by atoms with Crippen LogP contribution in [0.15, 0.2) is 24.3 Å². The second-order valence-corrected chi connectivity index (χ2v) is 6.34. The minimum absolute atomic E-state index is 0.404. The smallest absolute Gasteiger partial charge is 0.00109 e. The molecule has 1 aromatic carbocycles. The first kappa shape index (κ1) is 16.2. The Labute approximate surface area is 119 Å². The van der Waals surface area contributed by atoms with Gasteiger partial charge in [-0.2, -0.15) is 0 Å². The summed E-state index contributed by atoms with van der Waals surface area (Å²) in [6.45, 7) is 13.7. The molecule has 1 rings (SSSR count). The summed E-state index contributed by atoms with van der Waals surface area (Å²) in [5.41, 5.74) is 3.34. The fourth-order valence-corrected chi connectivity index (χ4v) is 2.65.